The molecule has 0 bridgehead atoms. The third-order valence-corrected chi connectivity index (χ3v) is 3.73. The molecule has 0 unspecified atom stereocenters. The molecule has 1 aliphatic carbocycles. The van der Waals surface area contributed by atoms with E-state index in [-0.39, 0.29) is 5.76 Å². The van der Waals surface area contributed by atoms with Crippen molar-refractivity contribution in [1.82, 2.24) is 4.90 Å². The number of aromatic carboxylic acids is 1. The summed E-state index contributed by atoms with van der Waals surface area (Å²) in [6.45, 7) is 6.68. The average molecular weight is 251 g/mol. The first-order chi connectivity index (χ1) is 8.60. The van der Waals surface area contributed by atoms with E-state index in [4.69, 9.17) is 9.52 Å². The summed E-state index contributed by atoms with van der Waals surface area (Å²) in [5.41, 5.74) is 0.706. The summed E-state index contributed by atoms with van der Waals surface area (Å²) in [5, 5.41) is 8.96. The summed E-state index contributed by atoms with van der Waals surface area (Å²) in [6.07, 6.45) is 4.01. The number of hydrogen-bond donors (Lipinski definition) is 1. The van der Waals surface area contributed by atoms with Crippen LogP contribution in [0.25, 0.3) is 0 Å². The van der Waals surface area contributed by atoms with Gasteiger partial charge in [0.1, 0.15) is 5.76 Å². The second-order valence-corrected chi connectivity index (χ2v) is 5.15. The number of furan rings is 1. The number of aryl methyl sites for hydroxylation is 1. The normalized spacial score (nSPS) is 15.9. The lowest BCUT2D eigenvalue weighted by Crippen LogP contribution is -2.31. The van der Waals surface area contributed by atoms with Gasteiger partial charge < -0.3 is 9.52 Å². The highest BCUT2D eigenvalue weighted by Crippen LogP contribution is 2.27. The Bertz CT molecular complexity index is 421. The van der Waals surface area contributed by atoms with Gasteiger partial charge in [0, 0.05) is 12.1 Å². The minimum absolute atomic E-state index is 0.0738. The third-order valence-electron chi connectivity index (χ3n) is 3.73. The van der Waals surface area contributed by atoms with Crippen molar-refractivity contribution in [3.63, 3.8) is 0 Å². The molecule has 0 spiro atoms. The van der Waals surface area contributed by atoms with Crippen molar-refractivity contribution in [2.75, 3.05) is 13.1 Å². The van der Waals surface area contributed by atoms with Crippen molar-refractivity contribution < 1.29 is 14.3 Å². The minimum Gasteiger partial charge on any atom is -0.475 e. The lowest BCUT2D eigenvalue weighted by atomic mass is 9.85. The fraction of sp³-hybridized carbons (Fsp3) is 0.643. The van der Waals surface area contributed by atoms with Crippen LogP contribution in [0, 0.1) is 12.8 Å². The Morgan fingerprint density at radius 3 is 2.72 bits per heavy atom. The quantitative estimate of drug-likeness (QED) is 0.844. The number of carbonyl (C=O) groups is 1. The predicted molar refractivity (Wildman–Crippen MR) is 68.7 cm³/mol. The molecular weight excluding hydrogens is 230 g/mol. The van der Waals surface area contributed by atoms with Gasteiger partial charge in [-0.25, -0.2) is 4.79 Å². The third kappa shape index (κ3) is 2.93. The van der Waals surface area contributed by atoms with Crippen LogP contribution in [0.15, 0.2) is 10.5 Å². The van der Waals surface area contributed by atoms with Crippen LogP contribution in [0.4, 0.5) is 0 Å². The highest BCUT2D eigenvalue weighted by Gasteiger charge is 2.21. The lowest BCUT2D eigenvalue weighted by Gasteiger charge is -2.31. The zero-order valence-electron chi connectivity index (χ0n) is 11.1. The smallest absolute Gasteiger partial charge is 0.372 e. The lowest BCUT2D eigenvalue weighted by molar-refractivity contribution is 0.0656. The molecule has 1 N–H and O–H groups in total. The standard InChI is InChI=1S/C14H21NO3/c1-3-15(8-11-5-4-6-11)9-12-7-10(2)13(18-12)14(16)17/h7,11H,3-6,8-9H2,1-2H3,(H,16,17). The Morgan fingerprint density at radius 2 is 2.28 bits per heavy atom. The van der Waals surface area contributed by atoms with Gasteiger partial charge in [0.2, 0.25) is 5.76 Å². The van der Waals surface area contributed by atoms with Crippen molar-refractivity contribution in [2.24, 2.45) is 5.92 Å². The van der Waals surface area contributed by atoms with E-state index in [1.807, 2.05) is 6.07 Å². The second-order valence-electron chi connectivity index (χ2n) is 5.15. The van der Waals surface area contributed by atoms with E-state index < -0.39 is 5.97 Å². The molecule has 18 heavy (non-hydrogen) atoms. The summed E-state index contributed by atoms with van der Waals surface area (Å²) in [5.74, 6) is 0.663. The fourth-order valence-corrected chi connectivity index (χ4v) is 2.40. The molecule has 4 heteroatoms. The molecule has 0 aliphatic heterocycles. The van der Waals surface area contributed by atoms with Gasteiger partial charge in [0.25, 0.3) is 0 Å². The molecule has 0 atom stereocenters. The SMILES string of the molecule is CCN(Cc1cc(C)c(C(=O)O)o1)CC1CCC1. The zero-order valence-corrected chi connectivity index (χ0v) is 11.1. The summed E-state index contributed by atoms with van der Waals surface area (Å²) in [4.78, 5) is 13.2. The van der Waals surface area contributed by atoms with Gasteiger partial charge in [-0.2, -0.15) is 0 Å². The van der Waals surface area contributed by atoms with Gasteiger partial charge in [-0.15, -0.1) is 0 Å². The van der Waals surface area contributed by atoms with Crippen molar-refractivity contribution >= 4 is 5.97 Å². The van der Waals surface area contributed by atoms with Gasteiger partial charge in [-0.05, 0) is 38.3 Å². The minimum atomic E-state index is -0.985. The maximum atomic E-state index is 10.9. The van der Waals surface area contributed by atoms with Crippen LogP contribution < -0.4 is 0 Å². The molecule has 0 saturated heterocycles. The van der Waals surface area contributed by atoms with Crippen molar-refractivity contribution in [2.45, 2.75) is 39.7 Å². The molecule has 1 heterocycles. The number of carboxylic acids is 1. The van der Waals surface area contributed by atoms with E-state index in [0.29, 0.717) is 12.1 Å². The van der Waals surface area contributed by atoms with Crippen LogP contribution in [-0.4, -0.2) is 29.1 Å². The Kier molecular flexibility index (Phi) is 4.07. The van der Waals surface area contributed by atoms with E-state index in [2.05, 4.69) is 11.8 Å². The van der Waals surface area contributed by atoms with Gasteiger partial charge >= 0.3 is 5.97 Å². The van der Waals surface area contributed by atoms with Gasteiger partial charge in [0.05, 0.1) is 6.54 Å². The van der Waals surface area contributed by atoms with Crippen LogP contribution >= 0.6 is 0 Å². The topological polar surface area (TPSA) is 53.7 Å². The molecule has 0 radical (unpaired) electrons. The number of carboxylic acid groups (broad SMARTS) is 1. The van der Waals surface area contributed by atoms with Crippen LogP contribution in [0.1, 0.15) is 48.1 Å². The first-order valence-electron chi connectivity index (χ1n) is 6.65. The predicted octanol–water partition coefficient (Wildman–Crippen LogP) is 2.91. The Hall–Kier alpha value is -1.29. The summed E-state index contributed by atoms with van der Waals surface area (Å²) < 4.78 is 5.40. The molecule has 0 amide bonds. The molecule has 100 valence electrons. The monoisotopic (exact) mass is 251 g/mol. The molecule has 2 rings (SSSR count). The fourth-order valence-electron chi connectivity index (χ4n) is 2.40. The van der Waals surface area contributed by atoms with Gasteiger partial charge in [-0.1, -0.05) is 13.3 Å². The van der Waals surface area contributed by atoms with E-state index >= 15 is 0 Å². The number of rotatable bonds is 6. The summed E-state index contributed by atoms with van der Waals surface area (Å²) in [6, 6.07) is 1.84. The first-order valence-corrected chi connectivity index (χ1v) is 6.65. The largest absolute Gasteiger partial charge is 0.475 e. The Balaban J connectivity index is 1.97. The Morgan fingerprint density at radius 1 is 1.56 bits per heavy atom. The number of nitrogens with zero attached hydrogens (tertiary/aromatic N) is 1. The highest BCUT2D eigenvalue weighted by atomic mass is 16.4. The van der Waals surface area contributed by atoms with E-state index in [0.717, 1.165) is 24.8 Å². The molecule has 1 aromatic rings. The molecule has 1 aromatic heterocycles. The van der Waals surface area contributed by atoms with Crippen molar-refractivity contribution in [1.29, 1.82) is 0 Å². The van der Waals surface area contributed by atoms with Crippen LogP contribution in [0.3, 0.4) is 0 Å². The van der Waals surface area contributed by atoms with E-state index in [1.165, 1.54) is 19.3 Å². The summed E-state index contributed by atoms with van der Waals surface area (Å²) in [7, 11) is 0. The van der Waals surface area contributed by atoms with Crippen molar-refractivity contribution in [3.05, 3.63) is 23.2 Å². The summed E-state index contributed by atoms with van der Waals surface area (Å²) >= 11 is 0. The first kappa shape index (κ1) is 13.1. The van der Waals surface area contributed by atoms with Gasteiger partial charge in [0.15, 0.2) is 0 Å². The van der Waals surface area contributed by atoms with Crippen molar-refractivity contribution in [3.8, 4) is 0 Å². The van der Waals surface area contributed by atoms with Crippen LogP contribution in [-0.2, 0) is 6.54 Å². The van der Waals surface area contributed by atoms with E-state index in [1.54, 1.807) is 6.92 Å². The molecular formula is C14H21NO3. The van der Waals surface area contributed by atoms with Crippen LogP contribution in [0.2, 0.25) is 0 Å². The maximum absolute atomic E-state index is 10.9. The Labute approximate surface area is 108 Å². The molecule has 1 saturated carbocycles. The van der Waals surface area contributed by atoms with E-state index in [9.17, 15) is 4.79 Å². The molecule has 4 nitrogen and oxygen atoms in total. The zero-order chi connectivity index (χ0) is 13.1. The molecule has 0 aromatic carbocycles. The average Bonchev–Trinajstić information content (AvgIpc) is 2.63. The number of hydrogen-bond acceptors (Lipinski definition) is 3. The van der Waals surface area contributed by atoms with Crippen LogP contribution in [0.5, 0.6) is 0 Å². The molecule has 1 fully saturated rings. The second kappa shape index (κ2) is 5.57. The highest BCUT2D eigenvalue weighted by molar-refractivity contribution is 5.86. The van der Waals surface area contributed by atoms with Gasteiger partial charge in [-0.3, -0.25) is 4.90 Å². The maximum Gasteiger partial charge on any atom is 0.372 e. The molecule has 1 aliphatic rings.